The molecule has 2 fully saturated rings. The van der Waals surface area contributed by atoms with Crippen molar-refractivity contribution in [2.24, 2.45) is 0 Å². The molecule has 0 radical (unpaired) electrons. The van der Waals surface area contributed by atoms with Gasteiger partial charge in [0.15, 0.2) is 11.4 Å². The van der Waals surface area contributed by atoms with Crippen LogP contribution in [0.25, 0.3) is 0 Å². The number of anilines is 1. The molecule has 2 bridgehead atoms. The Labute approximate surface area is 131 Å². The highest BCUT2D eigenvalue weighted by Gasteiger charge is 2.35. The zero-order valence-corrected chi connectivity index (χ0v) is 14.0. The zero-order chi connectivity index (χ0) is 15.0. The number of aldehydes is 1. The summed E-state index contributed by atoms with van der Waals surface area (Å²) in [5, 5.41) is 1.05. The molecule has 3 atom stereocenters. The van der Waals surface area contributed by atoms with E-state index in [4.69, 9.17) is 4.98 Å². The van der Waals surface area contributed by atoms with Gasteiger partial charge in [0, 0.05) is 25.2 Å². The minimum absolute atomic E-state index is 0.362. The summed E-state index contributed by atoms with van der Waals surface area (Å²) in [6.45, 7) is 6.43. The summed E-state index contributed by atoms with van der Waals surface area (Å²) in [5.41, 5.74) is 0.996. The zero-order valence-electron chi connectivity index (χ0n) is 13.2. The lowest BCUT2D eigenvalue weighted by Crippen LogP contribution is -2.36. The molecule has 3 heterocycles. The third-order valence-corrected chi connectivity index (χ3v) is 6.33. The van der Waals surface area contributed by atoms with Gasteiger partial charge in [-0.05, 0) is 38.6 Å². The van der Waals surface area contributed by atoms with Crippen LogP contribution in [-0.4, -0.2) is 48.4 Å². The Kier molecular flexibility index (Phi) is 4.31. The summed E-state index contributed by atoms with van der Waals surface area (Å²) < 4.78 is 0. The number of nitrogens with zero attached hydrogens (tertiary/aromatic N) is 3. The van der Waals surface area contributed by atoms with Crippen LogP contribution in [-0.2, 0) is 0 Å². The van der Waals surface area contributed by atoms with Gasteiger partial charge in [-0.3, -0.25) is 9.69 Å². The number of fused-ring (bicyclic) bond motifs is 2. The quantitative estimate of drug-likeness (QED) is 0.801. The molecular weight excluding hydrogens is 282 g/mol. The molecule has 21 heavy (non-hydrogen) atoms. The van der Waals surface area contributed by atoms with Crippen molar-refractivity contribution in [2.45, 2.75) is 57.5 Å². The Morgan fingerprint density at radius 2 is 2.14 bits per heavy atom. The van der Waals surface area contributed by atoms with Gasteiger partial charge in [-0.1, -0.05) is 25.2 Å². The van der Waals surface area contributed by atoms with Crippen molar-refractivity contribution in [2.75, 3.05) is 25.0 Å². The summed E-state index contributed by atoms with van der Waals surface area (Å²) in [7, 11) is 2.26. The van der Waals surface area contributed by atoms with Crippen molar-refractivity contribution in [1.29, 1.82) is 0 Å². The van der Waals surface area contributed by atoms with E-state index in [0.717, 1.165) is 47.5 Å². The van der Waals surface area contributed by atoms with Crippen LogP contribution in [0.2, 0.25) is 0 Å². The van der Waals surface area contributed by atoms with E-state index >= 15 is 0 Å². The molecule has 0 aliphatic carbocycles. The van der Waals surface area contributed by atoms with E-state index in [1.807, 2.05) is 0 Å². The van der Waals surface area contributed by atoms with Crippen LogP contribution in [0.15, 0.2) is 0 Å². The SMILES string of the molecule is CCC(C)c1nc(N2CCC3CCC(C2)N3C)sc1C=O. The fourth-order valence-electron chi connectivity index (χ4n) is 3.58. The van der Waals surface area contributed by atoms with Gasteiger partial charge in [0.1, 0.15) is 0 Å². The number of aromatic nitrogens is 1. The summed E-state index contributed by atoms with van der Waals surface area (Å²) in [5.74, 6) is 0.362. The van der Waals surface area contributed by atoms with Crippen LogP contribution in [0.5, 0.6) is 0 Å². The van der Waals surface area contributed by atoms with Gasteiger partial charge < -0.3 is 4.90 Å². The smallest absolute Gasteiger partial charge is 0.186 e. The maximum absolute atomic E-state index is 11.3. The van der Waals surface area contributed by atoms with Gasteiger partial charge >= 0.3 is 0 Å². The minimum atomic E-state index is 0.362. The van der Waals surface area contributed by atoms with Crippen molar-refractivity contribution in [3.63, 3.8) is 0 Å². The van der Waals surface area contributed by atoms with E-state index in [1.165, 1.54) is 19.3 Å². The molecule has 4 nitrogen and oxygen atoms in total. The molecule has 2 aliphatic rings. The number of hydrogen-bond acceptors (Lipinski definition) is 5. The molecule has 3 unspecified atom stereocenters. The van der Waals surface area contributed by atoms with Gasteiger partial charge in [-0.2, -0.15) is 0 Å². The predicted octanol–water partition coefficient (Wildman–Crippen LogP) is 3.14. The Balaban J connectivity index is 1.83. The number of hydrogen-bond donors (Lipinski definition) is 0. The second-order valence-corrected chi connectivity index (χ2v) is 7.47. The van der Waals surface area contributed by atoms with E-state index in [2.05, 4.69) is 30.7 Å². The molecule has 0 amide bonds. The number of carbonyl (C=O) groups is 1. The monoisotopic (exact) mass is 307 g/mol. The molecule has 0 aromatic carbocycles. The fraction of sp³-hybridized carbons (Fsp3) is 0.750. The van der Waals surface area contributed by atoms with Crippen LogP contribution in [0.3, 0.4) is 0 Å². The van der Waals surface area contributed by atoms with Crippen molar-refractivity contribution in [3.8, 4) is 0 Å². The van der Waals surface area contributed by atoms with E-state index < -0.39 is 0 Å². The molecule has 2 saturated heterocycles. The highest BCUT2D eigenvalue weighted by atomic mass is 32.1. The second kappa shape index (κ2) is 6.05. The molecule has 1 aromatic rings. The highest BCUT2D eigenvalue weighted by Crippen LogP contribution is 2.35. The maximum Gasteiger partial charge on any atom is 0.186 e. The molecule has 0 saturated carbocycles. The lowest BCUT2D eigenvalue weighted by atomic mass is 10.0. The largest absolute Gasteiger partial charge is 0.346 e. The summed E-state index contributed by atoms with van der Waals surface area (Å²) in [6, 6.07) is 1.38. The van der Waals surface area contributed by atoms with Gasteiger partial charge in [0.05, 0.1) is 10.6 Å². The van der Waals surface area contributed by atoms with E-state index in [1.54, 1.807) is 11.3 Å². The number of carbonyl (C=O) groups excluding carboxylic acids is 1. The maximum atomic E-state index is 11.3. The van der Waals surface area contributed by atoms with Crippen LogP contribution >= 0.6 is 11.3 Å². The molecule has 0 spiro atoms. The molecular formula is C16H25N3OS. The molecule has 1 aromatic heterocycles. The second-order valence-electron chi connectivity index (χ2n) is 6.46. The Bertz CT molecular complexity index is 516. The lowest BCUT2D eigenvalue weighted by Gasteiger charge is -2.25. The van der Waals surface area contributed by atoms with Crippen molar-refractivity contribution in [3.05, 3.63) is 10.6 Å². The topological polar surface area (TPSA) is 36.4 Å². The average Bonchev–Trinajstić information content (AvgIpc) is 3.00. The normalized spacial score (nSPS) is 27.7. The molecule has 0 N–H and O–H groups in total. The number of likely N-dealkylation sites (N-methyl/N-ethyl adjacent to an activating group) is 1. The minimum Gasteiger partial charge on any atom is -0.346 e. The third-order valence-electron chi connectivity index (χ3n) is 5.27. The summed E-state index contributed by atoms with van der Waals surface area (Å²) >= 11 is 1.58. The third kappa shape index (κ3) is 2.73. The predicted molar refractivity (Wildman–Crippen MR) is 87.6 cm³/mol. The molecule has 3 rings (SSSR count). The Morgan fingerprint density at radius 1 is 1.38 bits per heavy atom. The van der Waals surface area contributed by atoms with Crippen molar-refractivity contribution in [1.82, 2.24) is 9.88 Å². The van der Waals surface area contributed by atoms with Gasteiger partial charge in [0.2, 0.25) is 0 Å². The van der Waals surface area contributed by atoms with Crippen molar-refractivity contribution >= 4 is 22.8 Å². The molecule has 2 aliphatic heterocycles. The van der Waals surface area contributed by atoms with E-state index in [9.17, 15) is 4.79 Å². The lowest BCUT2D eigenvalue weighted by molar-refractivity contribution is 0.112. The van der Waals surface area contributed by atoms with Crippen LogP contribution < -0.4 is 4.90 Å². The first-order valence-corrected chi connectivity index (χ1v) is 8.88. The van der Waals surface area contributed by atoms with Crippen LogP contribution in [0, 0.1) is 0 Å². The number of rotatable bonds is 4. The van der Waals surface area contributed by atoms with E-state index in [0.29, 0.717) is 12.0 Å². The molecule has 5 heteroatoms. The summed E-state index contributed by atoms with van der Waals surface area (Å²) in [4.78, 5) is 21.9. The Morgan fingerprint density at radius 3 is 2.86 bits per heavy atom. The average molecular weight is 307 g/mol. The first-order valence-electron chi connectivity index (χ1n) is 8.06. The van der Waals surface area contributed by atoms with Gasteiger partial charge in [-0.15, -0.1) is 0 Å². The summed E-state index contributed by atoms with van der Waals surface area (Å²) in [6.07, 6.45) is 5.85. The van der Waals surface area contributed by atoms with Crippen molar-refractivity contribution < 1.29 is 4.79 Å². The standard InChI is InChI=1S/C16H25N3OS/c1-4-11(2)15-14(10-20)21-16(17-15)19-8-7-12-5-6-13(9-19)18(12)3/h10-13H,4-9H2,1-3H3. The molecule has 116 valence electrons. The highest BCUT2D eigenvalue weighted by molar-refractivity contribution is 7.17. The fourth-order valence-corrected chi connectivity index (χ4v) is 4.62. The Hall–Kier alpha value is -0.940. The number of thiazole rings is 1. The van der Waals surface area contributed by atoms with Gasteiger partial charge in [-0.25, -0.2) is 4.98 Å². The van der Waals surface area contributed by atoms with Crippen LogP contribution in [0.4, 0.5) is 5.13 Å². The van der Waals surface area contributed by atoms with E-state index in [-0.39, 0.29) is 0 Å². The first-order chi connectivity index (χ1) is 10.1. The first kappa shape index (κ1) is 15.0. The van der Waals surface area contributed by atoms with Gasteiger partial charge in [0.25, 0.3) is 0 Å². The van der Waals surface area contributed by atoms with Crippen LogP contribution in [0.1, 0.15) is 60.8 Å².